The van der Waals surface area contributed by atoms with Gasteiger partial charge in [0.2, 0.25) is 0 Å². The summed E-state index contributed by atoms with van der Waals surface area (Å²) in [5.74, 6) is 0. The summed E-state index contributed by atoms with van der Waals surface area (Å²) in [4.78, 5) is 4.11. The van der Waals surface area contributed by atoms with Gasteiger partial charge in [-0.15, -0.1) is 12.4 Å². The summed E-state index contributed by atoms with van der Waals surface area (Å²) in [5, 5.41) is 17.4. The fraction of sp³-hybridized carbons (Fsp3) is 0.167. The maximum Gasteiger partial charge on any atom is 0.101 e. The first-order chi connectivity index (χ1) is 11.4. The molecule has 0 saturated heterocycles. The molecule has 0 atom stereocenters. The fourth-order valence-corrected chi connectivity index (χ4v) is 3.01. The first kappa shape index (κ1) is 16.2. The second-order valence-corrected chi connectivity index (χ2v) is 5.50. The van der Waals surface area contributed by atoms with Gasteiger partial charge in [-0.1, -0.05) is 12.1 Å². The zero-order chi connectivity index (χ0) is 15.6. The van der Waals surface area contributed by atoms with Gasteiger partial charge in [0, 0.05) is 36.6 Å². The number of fused-ring (bicyclic) bond motifs is 1. The number of hydrogen-bond donors (Lipinski definition) is 1. The number of hydrogen-bond acceptors (Lipinski definition) is 4. The van der Waals surface area contributed by atoms with E-state index in [1.54, 1.807) is 12.4 Å². The highest BCUT2D eigenvalue weighted by Gasteiger charge is 2.22. The zero-order valence-corrected chi connectivity index (χ0v) is 13.8. The van der Waals surface area contributed by atoms with Crippen molar-refractivity contribution in [2.24, 2.45) is 0 Å². The number of rotatable bonds is 2. The molecule has 1 N–H and O–H groups in total. The van der Waals surface area contributed by atoms with Crippen LogP contribution in [0.1, 0.15) is 11.3 Å². The van der Waals surface area contributed by atoms with Crippen LogP contribution in [-0.2, 0) is 13.1 Å². The molecule has 0 aliphatic carbocycles. The minimum Gasteiger partial charge on any atom is -0.309 e. The van der Waals surface area contributed by atoms with Crippen LogP contribution in [0.4, 0.5) is 0 Å². The number of halogens is 1. The Morgan fingerprint density at radius 1 is 1.12 bits per heavy atom. The average Bonchev–Trinajstić information content (AvgIpc) is 3.02. The minimum absolute atomic E-state index is 0. The van der Waals surface area contributed by atoms with E-state index >= 15 is 0 Å². The topological polar surface area (TPSA) is 66.5 Å². The van der Waals surface area contributed by atoms with Crippen molar-refractivity contribution in [2.75, 3.05) is 6.54 Å². The van der Waals surface area contributed by atoms with Crippen molar-refractivity contribution in [3.8, 4) is 28.5 Å². The lowest BCUT2D eigenvalue weighted by atomic mass is 9.98. The molecule has 0 amide bonds. The molecule has 5 nitrogen and oxygen atoms in total. The highest BCUT2D eigenvalue weighted by molar-refractivity contribution is 5.85. The third-order valence-corrected chi connectivity index (χ3v) is 4.08. The normalized spacial score (nSPS) is 12.8. The van der Waals surface area contributed by atoms with Crippen LogP contribution < -0.4 is 5.32 Å². The van der Waals surface area contributed by atoms with Crippen molar-refractivity contribution in [2.45, 2.75) is 13.1 Å². The van der Waals surface area contributed by atoms with E-state index in [0.29, 0.717) is 5.56 Å². The molecular weight excluding hydrogens is 322 g/mol. The fourth-order valence-electron chi connectivity index (χ4n) is 3.01. The molecule has 1 aliphatic heterocycles. The second kappa shape index (κ2) is 6.83. The third kappa shape index (κ3) is 2.78. The quantitative estimate of drug-likeness (QED) is 0.780. The van der Waals surface area contributed by atoms with Crippen molar-refractivity contribution in [1.29, 1.82) is 5.26 Å². The van der Waals surface area contributed by atoms with Gasteiger partial charge in [0.25, 0.3) is 0 Å². The average molecular weight is 338 g/mol. The highest BCUT2D eigenvalue weighted by atomic mass is 35.5. The molecule has 0 spiro atoms. The van der Waals surface area contributed by atoms with Crippen molar-refractivity contribution in [1.82, 2.24) is 20.1 Å². The Morgan fingerprint density at radius 2 is 1.96 bits per heavy atom. The molecule has 1 aromatic carbocycles. The Balaban J connectivity index is 0.00000169. The molecule has 0 radical (unpaired) electrons. The molecule has 3 heterocycles. The first-order valence-corrected chi connectivity index (χ1v) is 7.58. The van der Waals surface area contributed by atoms with E-state index in [4.69, 9.17) is 10.4 Å². The minimum atomic E-state index is 0. The zero-order valence-electron chi connectivity index (χ0n) is 12.9. The maximum atomic E-state index is 9.16. The van der Waals surface area contributed by atoms with Crippen molar-refractivity contribution in [3.05, 3.63) is 60.0 Å². The smallest absolute Gasteiger partial charge is 0.101 e. The van der Waals surface area contributed by atoms with E-state index < -0.39 is 0 Å². The predicted octanol–water partition coefficient (Wildman–Crippen LogP) is 3.01. The van der Waals surface area contributed by atoms with Gasteiger partial charge in [-0.25, -0.2) is 0 Å². The molecule has 2 aromatic heterocycles. The summed E-state index contributed by atoms with van der Waals surface area (Å²) in [5.41, 5.74) is 5.94. The lowest BCUT2D eigenvalue weighted by Crippen LogP contribution is -2.28. The molecule has 4 rings (SSSR count). The lowest BCUT2D eigenvalue weighted by molar-refractivity contribution is 0.477. The number of pyridine rings is 1. The Morgan fingerprint density at radius 3 is 2.75 bits per heavy atom. The van der Waals surface area contributed by atoms with E-state index in [-0.39, 0.29) is 12.4 Å². The van der Waals surface area contributed by atoms with Gasteiger partial charge >= 0.3 is 0 Å². The Labute approximate surface area is 146 Å². The monoisotopic (exact) mass is 337 g/mol. The molecule has 120 valence electrons. The van der Waals surface area contributed by atoms with Crippen molar-refractivity contribution >= 4 is 12.4 Å². The molecule has 0 bridgehead atoms. The van der Waals surface area contributed by atoms with Crippen LogP contribution in [0.3, 0.4) is 0 Å². The standard InChI is InChI=1S/C18H15N5.ClH/c19-11-13-2-1-3-15(10-13)18-17(14-4-6-20-7-5-14)16-12-21-8-9-23(16)22-18;/h1-7,10,21H,8-9,12H2;1H. The van der Waals surface area contributed by atoms with Crippen LogP contribution in [0.15, 0.2) is 48.8 Å². The number of benzene rings is 1. The van der Waals surface area contributed by atoms with Crippen molar-refractivity contribution < 1.29 is 0 Å². The number of nitrogens with zero attached hydrogens (tertiary/aromatic N) is 4. The van der Waals surface area contributed by atoms with Crippen LogP contribution in [0.5, 0.6) is 0 Å². The molecule has 1 aliphatic rings. The molecular formula is C18H16ClN5. The highest BCUT2D eigenvalue weighted by Crippen LogP contribution is 2.35. The summed E-state index contributed by atoms with van der Waals surface area (Å²) < 4.78 is 2.07. The van der Waals surface area contributed by atoms with Gasteiger partial charge in [-0.05, 0) is 29.8 Å². The summed E-state index contributed by atoms with van der Waals surface area (Å²) in [6.45, 7) is 2.57. The number of nitrogens with one attached hydrogen (secondary N) is 1. The van der Waals surface area contributed by atoms with E-state index in [2.05, 4.69) is 21.1 Å². The second-order valence-electron chi connectivity index (χ2n) is 5.50. The van der Waals surface area contributed by atoms with E-state index in [1.807, 2.05) is 36.4 Å². The largest absolute Gasteiger partial charge is 0.309 e. The van der Waals surface area contributed by atoms with Crippen LogP contribution in [0, 0.1) is 11.3 Å². The van der Waals surface area contributed by atoms with E-state index in [0.717, 1.165) is 42.0 Å². The van der Waals surface area contributed by atoms with Crippen LogP contribution in [0.2, 0.25) is 0 Å². The third-order valence-electron chi connectivity index (χ3n) is 4.08. The molecule has 0 fully saturated rings. The lowest BCUT2D eigenvalue weighted by Gasteiger charge is -2.16. The summed E-state index contributed by atoms with van der Waals surface area (Å²) in [7, 11) is 0. The molecule has 24 heavy (non-hydrogen) atoms. The molecule has 0 unspecified atom stereocenters. The van der Waals surface area contributed by atoms with Crippen LogP contribution in [0.25, 0.3) is 22.4 Å². The van der Waals surface area contributed by atoms with Gasteiger partial charge in [-0.2, -0.15) is 10.4 Å². The molecule has 3 aromatic rings. The first-order valence-electron chi connectivity index (χ1n) is 7.58. The molecule has 0 saturated carbocycles. The number of nitriles is 1. The van der Waals surface area contributed by atoms with Crippen LogP contribution >= 0.6 is 12.4 Å². The van der Waals surface area contributed by atoms with E-state index in [1.165, 1.54) is 5.69 Å². The molecule has 6 heteroatoms. The van der Waals surface area contributed by atoms with Gasteiger partial charge in [0.1, 0.15) is 5.69 Å². The SMILES string of the molecule is Cl.N#Cc1cccc(-c2nn3c(c2-c2ccncc2)CNCC3)c1. The van der Waals surface area contributed by atoms with Gasteiger partial charge in [0.15, 0.2) is 0 Å². The van der Waals surface area contributed by atoms with Gasteiger partial charge < -0.3 is 5.32 Å². The van der Waals surface area contributed by atoms with E-state index in [9.17, 15) is 0 Å². The Bertz CT molecular complexity index is 896. The Kier molecular flexibility index (Phi) is 4.61. The predicted molar refractivity (Wildman–Crippen MR) is 94.6 cm³/mol. The Hall–Kier alpha value is -2.68. The van der Waals surface area contributed by atoms with Crippen LogP contribution in [-0.4, -0.2) is 21.3 Å². The maximum absolute atomic E-state index is 9.16. The van der Waals surface area contributed by atoms with Crippen molar-refractivity contribution in [3.63, 3.8) is 0 Å². The van der Waals surface area contributed by atoms with Gasteiger partial charge in [-0.3, -0.25) is 9.67 Å². The van der Waals surface area contributed by atoms with Gasteiger partial charge in [0.05, 0.1) is 23.9 Å². The summed E-state index contributed by atoms with van der Waals surface area (Å²) in [6, 6.07) is 13.8. The number of aromatic nitrogens is 3. The summed E-state index contributed by atoms with van der Waals surface area (Å²) in [6.07, 6.45) is 3.59. The summed E-state index contributed by atoms with van der Waals surface area (Å²) >= 11 is 0.